The molecule has 0 amide bonds. The van der Waals surface area contributed by atoms with Crippen LogP contribution in [0.25, 0.3) is 0 Å². The molecule has 0 spiro atoms. The number of rotatable bonds is 3. The maximum absolute atomic E-state index is 13.8. The molecule has 27 heavy (non-hydrogen) atoms. The van der Waals surface area contributed by atoms with Crippen molar-refractivity contribution in [1.29, 1.82) is 0 Å². The van der Waals surface area contributed by atoms with E-state index in [1.807, 2.05) is 12.3 Å². The number of halogens is 1. The number of hydrogen-bond donors (Lipinski definition) is 0. The largest absolute Gasteiger partial charge is 0.355 e. The molecule has 5 rings (SSSR count). The van der Waals surface area contributed by atoms with Gasteiger partial charge in [0, 0.05) is 37.6 Å². The molecule has 0 aliphatic carbocycles. The highest BCUT2D eigenvalue weighted by atomic mass is 19.1. The van der Waals surface area contributed by atoms with Crippen LogP contribution in [-0.2, 0) is 6.42 Å². The van der Waals surface area contributed by atoms with Crippen molar-refractivity contribution in [3.05, 3.63) is 54.2 Å². The Kier molecular flexibility index (Phi) is 4.56. The standard InChI is InChI=1S/C22H27FN4/c23-19-5-3-4-16(10-19)11-21-18-12-17(20-6-1-2-9-27(20)21)14-26(15-18)22-13-24-7-8-25-22/h3-5,7-8,10,13,17-18,20-21H,1-2,6,9,11-12,14-15H2/t17-,18+,20+,21+/m1/s1. The van der Waals surface area contributed by atoms with Gasteiger partial charge >= 0.3 is 0 Å². The summed E-state index contributed by atoms with van der Waals surface area (Å²) < 4.78 is 13.8. The molecule has 0 saturated carbocycles. The number of benzene rings is 1. The third-order valence-corrected chi connectivity index (χ3v) is 6.83. The van der Waals surface area contributed by atoms with Crippen LogP contribution in [0.4, 0.5) is 10.2 Å². The molecule has 3 fully saturated rings. The maximum Gasteiger partial charge on any atom is 0.147 e. The van der Waals surface area contributed by atoms with E-state index in [2.05, 4.69) is 25.8 Å². The van der Waals surface area contributed by atoms with Gasteiger partial charge in [-0.25, -0.2) is 9.37 Å². The Bertz CT molecular complexity index is 783. The van der Waals surface area contributed by atoms with Crippen molar-refractivity contribution in [3.8, 4) is 0 Å². The van der Waals surface area contributed by atoms with Crippen LogP contribution in [0.3, 0.4) is 0 Å². The first-order valence-electron chi connectivity index (χ1n) is 10.3. The van der Waals surface area contributed by atoms with Crippen LogP contribution in [-0.4, -0.2) is 46.6 Å². The van der Waals surface area contributed by atoms with Gasteiger partial charge in [-0.2, -0.15) is 0 Å². The molecule has 1 aromatic carbocycles. The van der Waals surface area contributed by atoms with E-state index < -0.39 is 0 Å². The Balaban J connectivity index is 1.44. The summed E-state index contributed by atoms with van der Waals surface area (Å²) in [4.78, 5) is 14.0. The Hall–Kier alpha value is -2.01. The van der Waals surface area contributed by atoms with Gasteiger partial charge in [0.15, 0.2) is 0 Å². The summed E-state index contributed by atoms with van der Waals surface area (Å²) in [5.74, 6) is 2.18. The number of fused-ring (bicyclic) bond motifs is 4. The van der Waals surface area contributed by atoms with Crippen LogP contribution in [0.5, 0.6) is 0 Å². The van der Waals surface area contributed by atoms with Crippen molar-refractivity contribution in [3.63, 3.8) is 0 Å². The lowest BCUT2D eigenvalue weighted by Crippen LogP contribution is -2.64. The molecular weight excluding hydrogens is 339 g/mol. The second-order valence-electron chi connectivity index (χ2n) is 8.43. The number of piperidine rings is 3. The van der Waals surface area contributed by atoms with Crippen LogP contribution in [0.1, 0.15) is 31.2 Å². The molecule has 4 heterocycles. The predicted octanol–water partition coefficient (Wildman–Crippen LogP) is 3.54. The van der Waals surface area contributed by atoms with E-state index in [0.717, 1.165) is 30.9 Å². The van der Waals surface area contributed by atoms with Gasteiger partial charge in [-0.05, 0) is 61.8 Å². The van der Waals surface area contributed by atoms with E-state index in [1.54, 1.807) is 24.5 Å². The van der Waals surface area contributed by atoms with E-state index in [-0.39, 0.29) is 5.82 Å². The quantitative estimate of drug-likeness (QED) is 0.832. The number of hydrogen-bond acceptors (Lipinski definition) is 4. The highest BCUT2D eigenvalue weighted by molar-refractivity contribution is 5.37. The molecule has 0 unspecified atom stereocenters. The fourth-order valence-electron chi connectivity index (χ4n) is 5.74. The number of aromatic nitrogens is 2. The first-order chi connectivity index (χ1) is 13.3. The Labute approximate surface area is 160 Å². The molecule has 5 heteroatoms. The van der Waals surface area contributed by atoms with Crippen molar-refractivity contribution < 1.29 is 4.39 Å². The zero-order chi connectivity index (χ0) is 18.2. The van der Waals surface area contributed by atoms with Crippen molar-refractivity contribution in [2.75, 3.05) is 24.5 Å². The fraction of sp³-hybridized carbons (Fsp3) is 0.545. The zero-order valence-electron chi connectivity index (χ0n) is 15.7. The van der Waals surface area contributed by atoms with Crippen molar-refractivity contribution in [2.24, 2.45) is 11.8 Å². The minimum Gasteiger partial charge on any atom is -0.355 e. The van der Waals surface area contributed by atoms with Gasteiger partial charge in [-0.1, -0.05) is 18.6 Å². The molecule has 1 aromatic heterocycles. The monoisotopic (exact) mass is 366 g/mol. The summed E-state index contributed by atoms with van der Waals surface area (Å²) in [5.41, 5.74) is 1.12. The van der Waals surface area contributed by atoms with Crippen molar-refractivity contribution in [2.45, 2.75) is 44.2 Å². The van der Waals surface area contributed by atoms with Crippen molar-refractivity contribution >= 4 is 5.82 Å². The third kappa shape index (κ3) is 3.33. The van der Waals surface area contributed by atoms with E-state index in [0.29, 0.717) is 23.9 Å². The second kappa shape index (κ2) is 7.19. The lowest BCUT2D eigenvalue weighted by molar-refractivity contribution is -0.0318. The van der Waals surface area contributed by atoms with Gasteiger partial charge in [-0.15, -0.1) is 0 Å². The molecule has 142 valence electrons. The smallest absolute Gasteiger partial charge is 0.147 e. The number of nitrogens with zero attached hydrogens (tertiary/aromatic N) is 4. The summed E-state index contributed by atoms with van der Waals surface area (Å²) in [6, 6.07) is 8.34. The predicted molar refractivity (Wildman–Crippen MR) is 104 cm³/mol. The molecule has 4 nitrogen and oxygen atoms in total. The molecular formula is C22H27FN4. The molecule has 2 bridgehead atoms. The van der Waals surface area contributed by atoms with Gasteiger partial charge in [0.2, 0.25) is 0 Å². The topological polar surface area (TPSA) is 32.3 Å². The fourth-order valence-corrected chi connectivity index (χ4v) is 5.74. The highest BCUT2D eigenvalue weighted by Gasteiger charge is 2.47. The maximum atomic E-state index is 13.8. The summed E-state index contributed by atoms with van der Waals surface area (Å²) in [7, 11) is 0. The SMILES string of the molecule is Fc1cccc(C[C@H]2[C@H]3C[C@H](CN(c4cnccn4)C3)[C@@H]3CCCCN32)c1. The highest BCUT2D eigenvalue weighted by Crippen LogP contribution is 2.42. The van der Waals surface area contributed by atoms with Crippen LogP contribution < -0.4 is 4.90 Å². The molecule has 2 aromatic rings. The first kappa shape index (κ1) is 17.1. The van der Waals surface area contributed by atoms with Crippen LogP contribution in [0.2, 0.25) is 0 Å². The summed E-state index contributed by atoms with van der Waals surface area (Å²) in [6.45, 7) is 3.31. The lowest BCUT2D eigenvalue weighted by Gasteiger charge is -2.57. The zero-order valence-corrected chi connectivity index (χ0v) is 15.7. The van der Waals surface area contributed by atoms with Gasteiger partial charge in [0.1, 0.15) is 11.6 Å². The van der Waals surface area contributed by atoms with E-state index in [1.165, 1.54) is 32.2 Å². The van der Waals surface area contributed by atoms with E-state index >= 15 is 0 Å². The van der Waals surface area contributed by atoms with E-state index in [9.17, 15) is 4.39 Å². The minimum absolute atomic E-state index is 0.124. The summed E-state index contributed by atoms with van der Waals surface area (Å²) >= 11 is 0. The molecule has 0 N–H and O–H groups in total. The Morgan fingerprint density at radius 2 is 2.04 bits per heavy atom. The van der Waals surface area contributed by atoms with Gasteiger partial charge < -0.3 is 4.90 Å². The van der Waals surface area contributed by atoms with Gasteiger partial charge in [-0.3, -0.25) is 9.88 Å². The molecule has 3 aliphatic heterocycles. The first-order valence-corrected chi connectivity index (χ1v) is 10.3. The summed E-state index contributed by atoms with van der Waals surface area (Å²) in [6.07, 6.45) is 11.6. The average molecular weight is 366 g/mol. The van der Waals surface area contributed by atoms with E-state index in [4.69, 9.17) is 0 Å². The molecule has 3 aliphatic rings. The minimum atomic E-state index is -0.124. The average Bonchev–Trinajstić information content (AvgIpc) is 2.72. The van der Waals surface area contributed by atoms with Crippen LogP contribution in [0, 0.1) is 17.7 Å². The summed E-state index contributed by atoms with van der Waals surface area (Å²) in [5, 5.41) is 0. The van der Waals surface area contributed by atoms with Gasteiger partial charge in [0.05, 0.1) is 6.20 Å². The van der Waals surface area contributed by atoms with Gasteiger partial charge in [0.25, 0.3) is 0 Å². The van der Waals surface area contributed by atoms with Crippen LogP contribution >= 0.6 is 0 Å². The third-order valence-electron chi connectivity index (χ3n) is 6.83. The Morgan fingerprint density at radius 3 is 2.89 bits per heavy atom. The Morgan fingerprint density at radius 1 is 1.11 bits per heavy atom. The normalized spacial score (nSPS) is 30.8. The second-order valence-corrected chi connectivity index (χ2v) is 8.43. The molecule has 4 atom stereocenters. The molecule has 0 radical (unpaired) electrons. The number of anilines is 1. The van der Waals surface area contributed by atoms with Crippen LogP contribution in [0.15, 0.2) is 42.9 Å². The van der Waals surface area contributed by atoms with Crippen molar-refractivity contribution in [1.82, 2.24) is 14.9 Å². The molecule has 3 saturated heterocycles. The lowest BCUT2D eigenvalue weighted by atomic mass is 9.71.